The maximum Gasteiger partial charge on any atom is 0.472 e. The molecule has 0 aliphatic heterocycles. The second-order valence-electron chi connectivity index (χ2n) is 13.8. The first-order chi connectivity index (χ1) is 24.8. The highest BCUT2D eigenvalue weighted by Crippen LogP contribution is 2.43. The second kappa shape index (κ2) is 38.2. The molecule has 3 N–H and O–H groups in total. The van der Waals surface area contributed by atoms with Gasteiger partial charge in [-0.05, 0) is 44.9 Å². The fourth-order valence-electron chi connectivity index (χ4n) is 5.69. The van der Waals surface area contributed by atoms with Gasteiger partial charge in [-0.2, -0.15) is 0 Å². The van der Waals surface area contributed by atoms with Crippen molar-refractivity contribution in [3.8, 4) is 0 Å². The van der Waals surface area contributed by atoms with Crippen LogP contribution in [0.15, 0.2) is 24.3 Å². The molecule has 0 aliphatic rings. The van der Waals surface area contributed by atoms with Crippen molar-refractivity contribution in [2.75, 3.05) is 26.4 Å². The van der Waals surface area contributed by atoms with Crippen molar-refractivity contribution in [1.82, 2.24) is 0 Å². The lowest BCUT2D eigenvalue weighted by molar-refractivity contribution is -0.161. The predicted octanol–water partition coefficient (Wildman–Crippen LogP) is 11.6. The fourth-order valence-corrected chi connectivity index (χ4v) is 6.46. The summed E-state index contributed by atoms with van der Waals surface area (Å²) in [7, 11) is -4.38. The quantitative estimate of drug-likeness (QED) is 0.0273. The highest BCUT2D eigenvalue weighted by molar-refractivity contribution is 7.47. The number of phosphoric ester groups is 1. The number of unbranched alkanes of at least 4 members (excludes halogenated alkanes) is 22. The molecular formula is C41H78NO8P. The van der Waals surface area contributed by atoms with Gasteiger partial charge < -0.3 is 20.1 Å². The molecule has 51 heavy (non-hydrogen) atoms. The van der Waals surface area contributed by atoms with Gasteiger partial charge in [0.2, 0.25) is 0 Å². The largest absolute Gasteiger partial charge is 0.472 e. The molecule has 0 bridgehead atoms. The first-order valence-electron chi connectivity index (χ1n) is 20.8. The second-order valence-corrected chi connectivity index (χ2v) is 15.3. The van der Waals surface area contributed by atoms with Crippen LogP contribution in [0.5, 0.6) is 0 Å². The third kappa shape index (κ3) is 38.0. The molecule has 0 radical (unpaired) electrons. The lowest BCUT2D eigenvalue weighted by Crippen LogP contribution is -2.29. The van der Waals surface area contributed by atoms with E-state index < -0.39 is 32.5 Å². The van der Waals surface area contributed by atoms with Gasteiger partial charge in [-0.15, -0.1) is 0 Å². The van der Waals surface area contributed by atoms with Crippen LogP contribution in [0.25, 0.3) is 0 Å². The summed E-state index contributed by atoms with van der Waals surface area (Å²) in [6, 6.07) is 0. The SMILES string of the molecule is CCCC/C=C/CCCCCCCCCCCC(=O)OC[C@H](COP(=O)(O)OCCN)OC(=O)CC/C=C/CCCCCCCCCCCCC. The summed E-state index contributed by atoms with van der Waals surface area (Å²) in [5, 5.41) is 0. The third-order valence-electron chi connectivity index (χ3n) is 8.82. The number of phosphoric acid groups is 1. The standard InChI is InChI=1S/C41H78NO8P/c1-3-5-7-9-11-13-15-17-19-21-23-25-27-29-31-33-40(43)47-37-39(38-49-51(45,46)48-36-35-42)50-41(44)34-32-30-28-26-24-22-20-18-16-14-12-10-8-6-4-2/h9,11,28,30,39H,3-8,10,12-27,29,31-38,42H2,1-2H3,(H,45,46)/b11-9+,30-28+/t39-/m1/s1. The molecule has 0 spiro atoms. The molecule has 1 unspecified atom stereocenters. The molecule has 0 aromatic heterocycles. The van der Waals surface area contributed by atoms with Gasteiger partial charge in [-0.25, -0.2) is 4.57 Å². The Labute approximate surface area is 312 Å². The molecule has 0 saturated carbocycles. The van der Waals surface area contributed by atoms with Crippen LogP contribution in [-0.2, 0) is 32.7 Å². The molecular weight excluding hydrogens is 665 g/mol. The Balaban J connectivity index is 4.20. The van der Waals surface area contributed by atoms with Gasteiger partial charge in [-0.3, -0.25) is 18.6 Å². The average Bonchev–Trinajstić information content (AvgIpc) is 3.11. The van der Waals surface area contributed by atoms with Crippen LogP contribution < -0.4 is 5.73 Å². The monoisotopic (exact) mass is 744 g/mol. The van der Waals surface area contributed by atoms with Crippen molar-refractivity contribution in [1.29, 1.82) is 0 Å². The molecule has 0 rings (SSSR count). The van der Waals surface area contributed by atoms with Gasteiger partial charge in [-0.1, -0.05) is 160 Å². The molecule has 0 amide bonds. The number of allylic oxidation sites excluding steroid dienone is 4. The van der Waals surface area contributed by atoms with E-state index in [9.17, 15) is 19.0 Å². The fraction of sp³-hybridized carbons (Fsp3) is 0.854. The molecule has 0 aromatic rings. The van der Waals surface area contributed by atoms with Crippen molar-refractivity contribution < 1.29 is 37.6 Å². The highest BCUT2D eigenvalue weighted by atomic mass is 31.2. The summed E-state index contributed by atoms with van der Waals surface area (Å²) in [5.41, 5.74) is 5.34. The number of hydrogen-bond donors (Lipinski definition) is 2. The van der Waals surface area contributed by atoms with E-state index in [1.807, 2.05) is 6.08 Å². The van der Waals surface area contributed by atoms with E-state index in [2.05, 4.69) is 32.1 Å². The van der Waals surface area contributed by atoms with Crippen molar-refractivity contribution in [3.05, 3.63) is 24.3 Å². The van der Waals surface area contributed by atoms with Crippen LogP contribution in [0.3, 0.4) is 0 Å². The van der Waals surface area contributed by atoms with Gasteiger partial charge >= 0.3 is 19.8 Å². The van der Waals surface area contributed by atoms with Crippen LogP contribution in [0.2, 0.25) is 0 Å². The Morgan fingerprint density at radius 3 is 1.53 bits per heavy atom. The zero-order chi connectivity index (χ0) is 37.5. The van der Waals surface area contributed by atoms with E-state index in [0.717, 1.165) is 32.1 Å². The zero-order valence-corrected chi connectivity index (χ0v) is 33.7. The van der Waals surface area contributed by atoms with Crippen LogP contribution >= 0.6 is 7.82 Å². The molecule has 0 aromatic carbocycles. The number of nitrogens with two attached hydrogens (primary N) is 1. The number of carbonyl (C=O) groups is 2. The van der Waals surface area contributed by atoms with E-state index in [1.54, 1.807) is 0 Å². The summed E-state index contributed by atoms with van der Waals surface area (Å²) in [5.74, 6) is -0.884. The van der Waals surface area contributed by atoms with Gasteiger partial charge in [0, 0.05) is 19.4 Å². The summed E-state index contributed by atoms with van der Waals surface area (Å²) < 4.78 is 32.7. The van der Waals surface area contributed by atoms with Gasteiger partial charge in [0.1, 0.15) is 6.61 Å². The maximum absolute atomic E-state index is 12.5. The van der Waals surface area contributed by atoms with Crippen molar-refractivity contribution in [2.24, 2.45) is 5.73 Å². The number of rotatable bonds is 39. The van der Waals surface area contributed by atoms with Crippen molar-refractivity contribution >= 4 is 19.8 Å². The molecule has 9 nitrogen and oxygen atoms in total. The summed E-state index contributed by atoms with van der Waals surface area (Å²) in [6.07, 6.45) is 39.3. The highest BCUT2D eigenvalue weighted by Gasteiger charge is 2.25. The molecule has 0 fully saturated rings. The van der Waals surface area contributed by atoms with Crippen LogP contribution in [0.4, 0.5) is 0 Å². The van der Waals surface area contributed by atoms with Gasteiger partial charge in [0.15, 0.2) is 6.10 Å². The van der Waals surface area contributed by atoms with Crippen molar-refractivity contribution in [3.63, 3.8) is 0 Å². The van der Waals surface area contributed by atoms with Crippen LogP contribution in [0.1, 0.15) is 194 Å². The van der Waals surface area contributed by atoms with E-state index in [1.165, 1.54) is 128 Å². The third-order valence-corrected chi connectivity index (χ3v) is 9.81. The Morgan fingerprint density at radius 1 is 0.569 bits per heavy atom. The van der Waals surface area contributed by atoms with Gasteiger partial charge in [0.05, 0.1) is 13.2 Å². The number of esters is 2. The normalized spacial score (nSPS) is 13.6. The minimum Gasteiger partial charge on any atom is -0.462 e. The zero-order valence-electron chi connectivity index (χ0n) is 32.8. The first kappa shape index (κ1) is 49.5. The molecule has 0 saturated heterocycles. The summed E-state index contributed by atoms with van der Waals surface area (Å²) in [4.78, 5) is 34.8. The maximum atomic E-state index is 12.5. The predicted molar refractivity (Wildman–Crippen MR) is 211 cm³/mol. The number of carbonyl (C=O) groups excluding carboxylic acids is 2. The average molecular weight is 744 g/mol. The Morgan fingerprint density at radius 2 is 1.02 bits per heavy atom. The summed E-state index contributed by atoms with van der Waals surface area (Å²) in [6.45, 7) is 3.67. The molecule has 300 valence electrons. The smallest absolute Gasteiger partial charge is 0.462 e. The van der Waals surface area contributed by atoms with E-state index in [-0.39, 0.29) is 32.6 Å². The van der Waals surface area contributed by atoms with Gasteiger partial charge in [0.25, 0.3) is 0 Å². The number of hydrogen-bond acceptors (Lipinski definition) is 8. The van der Waals surface area contributed by atoms with Crippen LogP contribution in [-0.4, -0.2) is 49.3 Å². The first-order valence-corrected chi connectivity index (χ1v) is 22.3. The lowest BCUT2D eigenvalue weighted by atomic mass is 10.1. The summed E-state index contributed by atoms with van der Waals surface area (Å²) >= 11 is 0. The van der Waals surface area contributed by atoms with Crippen LogP contribution in [0, 0.1) is 0 Å². The topological polar surface area (TPSA) is 134 Å². The molecule has 0 heterocycles. The van der Waals surface area contributed by atoms with Crippen molar-refractivity contribution in [2.45, 2.75) is 200 Å². The van der Waals surface area contributed by atoms with E-state index >= 15 is 0 Å². The Bertz CT molecular complexity index is 897. The van der Waals surface area contributed by atoms with E-state index in [4.69, 9.17) is 24.3 Å². The lowest BCUT2D eigenvalue weighted by Gasteiger charge is -2.19. The number of ether oxygens (including phenoxy) is 2. The minimum atomic E-state index is -4.38. The molecule has 10 heteroatoms. The molecule has 0 aliphatic carbocycles. The minimum absolute atomic E-state index is 0.0496. The van der Waals surface area contributed by atoms with E-state index in [0.29, 0.717) is 6.42 Å². The Kier molecular flexibility index (Phi) is 37.1. The Hall–Kier alpha value is -1.51. The molecule has 2 atom stereocenters.